The molecule has 0 bridgehead atoms. The molecule has 1 N–H and O–H groups in total. The van der Waals surface area contributed by atoms with Gasteiger partial charge in [-0.1, -0.05) is 20.8 Å². The first-order valence-electron chi connectivity index (χ1n) is 6.75. The summed E-state index contributed by atoms with van der Waals surface area (Å²) in [6.07, 6.45) is 2.53. The Balaban J connectivity index is 2.34. The molecule has 96 valence electrons. The summed E-state index contributed by atoms with van der Waals surface area (Å²) in [6, 6.07) is 0.660. The highest BCUT2D eigenvalue weighted by atomic mass is 15.2. The van der Waals surface area contributed by atoms with Gasteiger partial charge in [-0.15, -0.1) is 0 Å². The quantitative estimate of drug-likeness (QED) is 0.775. The molecule has 2 heteroatoms. The molecule has 0 aromatic carbocycles. The second kappa shape index (κ2) is 5.05. The van der Waals surface area contributed by atoms with Crippen LogP contribution in [0.4, 0.5) is 0 Å². The van der Waals surface area contributed by atoms with Gasteiger partial charge in [0.05, 0.1) is 0 Å². The van der Waals surface area contributed by atoms with Gasteiger partial charge in [0.15, 0.2) is 0 Å². The zero-order valence-corrected chi connectivity index (χ0v) is 12.1. The van der Waals surface area contributed by atoms with Crippen LogP contribution in [0, 0.1) is 5.41 Å². The minimum Gasteiger partial charge on any atom is -0.310 e. The van der Waals surface area contributed by atoms with Gasteiger partial charge in [-0.25, -0.2) is 0 Å². The van der Waals surface area contributed by atoms with E-state index in [4.69, 9.17) is 0 Å². The lowest BCUT2D eigenvalue weighted by Crippen LogP contribution is -2.47. The molecule has 0 aliphatic carbocycles. The van der Waals surface area contributed by atoms with Crippen molar-refractivity contribution in [2.75, 3.05) is 19.6 Å². The molecule has 1 unspecified atom stereocenters. The Kier molecular flexibility index (Phi) is 4.42. The average molecular weight is 226 g/mol. The van der Waals surface area contributed by atoms with Gasteiger partial charge < -0.3 is 5.32 Å². The molecular formula is C14H30N2. The molecule has 1 aliphatic rings. The molecule has 0 aromatic rings. The van der Waals surface area contributed by atoms with Crippen molar-refractivity contribution in [2.45, 2.75) is 66.0 Å². The highest BCUT2D eigenvalue weighted by Crippen LogP contribution is 2.29. The third-order valence-corrected chi connectivity index (χ3v) is 4.09. The summed E-state index contributed by atoms with van der Waals surface area (Å²) in [5.41, 5.74) is 0.804. The van der Waals surface area contributed by atoms with Crippen LogP contribution in [0.1, 0.15) is 54.4 Å². The summed E-state index contributed by atoms with van der Waals surface area (Å²) in [6.45, 7) is 17.5. The molecule has 1 aliphatic heterocycles. The molecule has 0 amide bonds. The first-order chi connectivity index (χ1) is 7.26. The predicted octanol–water partition coefficient (Wildman–Crippen LogP) is 2.89. The van der Waals surface area contributed by atoms with Crippen LogP contribution < -0.4 is 5.32 Å². The Morgan fingerprint density at radius 1 is 1.38 bits per heavy atom. The van der Waals surface area contributed by atoms with E-state index in [1.54, 1.807) is 0 Å². The molecule has 2 nitrogen and oxygen atoms in total. The molecule has 1 fully saturated rings. The van der Waals surface area contributed by atoms with E-state index in [9.17, 15) is 0 Å². The number of likely N-dealkylation sites (tertiary alicyclic amines) is 1. The average Bonchev–Trinajstić information content (AvgIpc) is 2.55. The molecule has 1 atom stereocenters. The van der Waals surface area contributed by atoms with Crippen LogP contribution in [0.25, 0.3) is 0 Å². The predicted molar refractivity (Wildman–Crippen MR) is 71.8 cm³/mol. The number of nitrogens with zero attached hydrogens (tertiary/aromatic N) is 1. The van der Waals surface area contributed by atoms with Gasteiger partial charge in [-0.05, 0) is 45.6 Å². The Morgan fingerprint density at radius 3 is 2.44 bits per heavy atom. The van der Waals surface area contributed by atoms with Crippen molar-refractivity contribution in [3.8, 4) is 0 Å². The van der Waals surface area contributed by atoms with Gasteiger partial charge in [-0.2, -0.15) is 0 Å². The molecular weight excluding hydrogens is 196 g/mol. The second-order valence-electron chi connectivity index (χ2n) is 6.85. The van der Waals surface area contributed by atoms with Crippen molar-refractivity contribution in [3.63, 3.8) is 0 Å². The molecule has 0 saturated carbocycles. The SMILES string of the molecule is CCC(C)(C)NCC(C)N1CCC(C)(C)C1. The molecule has 0 radical (unpaired) electrons. The van der Waals surface area contributed by atoms with Crippen LogP contribution in [0.5, 0.6) is 0 Å². The highest BCUT2D eigenvalue weighted by Gasteiger charge is 2.31. The summed E-state index contributed by atoms with van der Waals surface area (Å²) in [4.78, 5) is 2.62. The Bertz CT molecular complexity index is 221. The number of hydrogen-bond donors (Lipinski definition) is 1. The lowest BCUT2D eigenvalue weighted by Gasteiger charge is -2.31. The lowest BCUT2D eigenvalue weighted by atomic mass is 9.93. The van der Waals surface area contributed by atoms with E-state index in [1.165, 1.54) is 25.9 Å². The maximum atomic E-state index is 3.67. The van der Waals surface area contributed by atoms with Gasteiger partial charge in [0.2, 0.25) is 0 Å². The van der Waals surface area contributed by atoms with Gasteiger partial charge in [0.1, 0.15) is 0 Å². The van der Waals surface area contributed by atoms with Crippen molar-refractivity contribution in [1.29, 1.82) is 0 Å². The van der Waals surface area contributed by atoms with E-state index >= 15 is 0 Å². The number of rotatable bonds is 5. The van der Waals surface area contributed by atoms with Crippen molar-refractivity contribution >= 4 is 0 Å². The minimum atomic E-state index is 0.281. The molecule has 0 spiro atoms. The summed E-state index contributed by atoms with van der Waals surface area (Å²) in [7, 11) is 0. The highest BCUT2D eigenvalue weighted by molar-refractivity contribution is 4.87. The van der Waals surface area contributed by atoms with Crippen molar-refractivity contribution in [2.24, 2.45) is 5.41 Å². The van der Waals surface area contributed by atoms with Crippen molar-refractivity contribution in [1.82, 2.24) is 10.2 Å². The van der Waals surface area contributed by atoms with E-state index in [0.29, 0.717) is 11.5 Å². The minimum absolute atomic E-state index is 0.281. The largest absolute Gasteiger partial charge is 0.310 e. The van der Waals surface area contributed by atoms with Crippen LogP contribution in [0.15, 0.2) is 0 Å². The third kappa shape index (κ3) is 4.06. The molecule has 1 saturated heterocycles. The summed E-state index contributed by atoms with van der Waals surface area (Å²) in [5.74, 6) is 0. The lowest BCUT2D eigenvalue weighted by molar-refractivity contribution is 0.210. The van der Waals surface area contributed by atoms with Crippen LogP contribution in [0.3, 0.4) is 0 Å². The summed E-state index contributed by atoms with van der Waals surface area (Å²) >= 11 is 0. The molecule has 16 heavy (non-hydrogen) atoms. The van der Waals surface area contributed by atoms with Crippen LogP contribution in [-0.2, 0) is 0 Å². The van der Waals surface area contributed by atoms with E-state index < -0.39 is 0 Å². The van der Waals surface area contributed by atoms with E-state index in [0.717, 1.165) is 6.54 Å². The zero-order valence-electron chi connectivity index (χ0n) is 12.1. The fraction of sp³-hybridized carbons (Fsp3) is 1.00. The molecule has 1 rings (SSSR count). The van der Waals surface area contributed by atoms with Crippen LogP contribution >= 0.6 is 0 Å². The Hall–Kier alpha value is -0.0800. The number of hydrogen-bond acceptors (Lipinski definition) is 2. The topological polar surface area (TPSA) is 15.3 Å². The van der Waals surface area contributed by atoms with Gasteiger partial charge >= 0.3 is 0 Å². The molecule has 0 aromatic heterocycles. The first kappa shape index (κ1) is 14.0. The zero-order chi connectivity index (χ0) is 12.4. The third-order valence-electron chi connectivity index (χ3n) is 4.09. The van der Waals surface area contributed by atoms with Crippen LogP contribution in [-0.4, -0.2) is 36.1 Å². The van der Waals surface area contributed by atoms with Gasteiger partial charge in [-0.3, -0.25) is 4.90 Å². The number of nitrogens with one attached hydrogen (secondary N) is 1. The monoisotopic (exact) mass is 226 g/mol. The van der Waals surface area contributed by atoms with E-state index in [2.05, 4.69) is 51.8 Å². The van der Waals surface area contributed by atoms with Gasteiger partial charge in [0.25, 0.3) is 0 Å². The van der Waals surface area contributed by atoms with E-state index in [1.807, 2.05) is 0 Å². The fourth-order valence-electron chi connectivity index (χ4n) is 2.21. The first-order valence-corrected chi connectivity index (χ1v) is 6.75. The Morgan fingerprint density at radius 2 is 2.00 bits per heavy atom. The summed E-state index contributed by atoms with van der Waals surface area (Å²) < 4.78 is 0. The molecule has 1 heterocycles. The second-order valence-corrected chi connectivity index (χ2v) is 6.85. The van der Waals surface area contributed by atoms with Gasteiger partial charge in [0, 0.05) is 24.7 Å². The van der Waals surface area contributed by atoms with Crippen LogP contribution in [0.2, 0.25) is 0 Å². The van der Waals surface area contributed by atoms with E-state index in [-0.39, 0.29) is 5.54 Å². The maximum Gasteiger partial charge on any atom is 0.0192 e. The maximum absolute atomic E-state index is 3.67. The Labute approximate surface area is 102 Å². The summed E-state index contributed by atoms with van der Waals surface area (Å²) in [5, 5.41) is 3.67. The normalized spacial score (nSPS) is 23.6. The van der Waals surface area contributed by atoms with Crippen molar-refractivity contribution in [3.05, 3.63) is 0 Å². The van der Waals surface area contributed by atoms with Crippen molar-refractivity contribution < 1.29 is 0 Å². The standard InChI is InChI=1S/C14H30N2/c1-7-14(5,6)15-10-12(2)16-9-8-13(3,4)11-16/h12,15H,7-11H2,1-6H3. The fourth-order valence-corrected chi connectivity index (χ4v) is 2.21. The smallest absolute Gasteiger partial charge is 0.0192 e.